The van der Waals surface area contributed by atoms with E-state index in [1.165, 1.54) is 0 Å². The number of rotatable bonds is 4. The molecular weight excluding hydrogens is 230 g/mol. The predicted octanol–water partition coefficient (Wildman–Crippen LogP) is 2.38. The molecule has 0 unspecified atom stereocenters. The predicted molar refractivity (Wildman–Crippen MR) is 67.5 cm³/mol. The minimum absolute atomic E-state index is 0.118. The van der Waals surface area contributed by atoms with Crippen LogP contribution in [0.4, 0.5) is 0 Å². The summed E-state index contributed by atoms with van der Waals surface area (Å²) in [6, 6.07) is 9.89. The number of hydrogen-bond acceptors (Lipinski definition) is 4. The quantitative estimate of drug-likeness (QED) is 0.829. The van der Waals surface area contributed by atoms with E-state index in [2.05, 4.69) is 4.98 Å². The third-order valence-corrected chi connectivity index (χ3v) is 2.90. The van der Waals surface area contributed by atoms with Crippen molar-refractivity contribution >= 4 is 10.9 Å². The molecule has 0 spiro atoms. The molecule has 1 aliphatic heterocycles. The van der Waals surface area contributed by atoms with Gasteiger partial charge in [-0.05, 0) is 12.1 Å². The van der Waals surface area contributed by atoms with Crippen LogP contribution < -0.4 is 4.74 Å². The molecule has 0 aliphatic carbocycles. The van der Waals surface area contributed by atoms with Crippen molar-refractivity contribution in [3.63, 3.8) is 0 Å². The molecule has 0 amide bonds. The summed E-state index contributed by atoms with van der Waals surface area (Å²) in [7, 11) is 0. The zero-order valence-corrected chi connectivity index (χ0v) is 10.0. The van der Waals surface area contributed by atoms with Gasteiger partial charge in [-0.25, -0.2) is 0 Å². The second kappa shape index (κ2) is 5.33. The van der Waals surface area contributed by atoms with Crippen LogP contribution >= 0.6 is 0 Å². The van der Waals surface area contributed by atoms with Gasteiger partial charge in [0.2, 0.25) is 0 Å². The summed E-state index contributed by atoms with van der Waals surface area (Å²) in [5.41, 5.74) is 0.897. The third kappa shape index (κ3) is 2.44. The highest BCUT2D eigenvalue weighted by Gasteiger charge is 2.15. The summed E-state index contributed by atoms with van der Waals surface area (Å²) in [6.07, 6.45) is 2.40. The van der Waals surface area contributed by atoms with Gasteiger partial charge in [-0.2, -0.15) is 0 Å². The van der Waals surface area contributed by atoms with Crippen molar-refractivity contribution in [1.82, 2.24) is 4.98 Å². The molecule has 1 aromatic heterocycles. The van der Waals surface area contributed by atoms with Crippen LogP contribution in [0.1, 0.15) is 6.42 Å². The maximum absolute atomic E-state index is 5.76. The molecule has 1 aliphatic rings. The molecule has 0 saturated carbocycles. The fraction of sp³-hybridized carbons (Fsp3) is 0.357. The molecule has 0 atom stereocenters. The topological polar surface area (TPSA) is 40.6 Å². The van der Waals surface area contributed by atoms with Crippen LogP contribution in [0.3, 0.4) is 0 Å². The number of fused-ring (bicyclic) bond motifs is 1. The Bertz CT molecular complexity index is 518. The monoisotopic (exact) mass is 245 g/mol. The fourth-order valence-corrected chi connectivity index (χ4v) is 2.03. The third-order valence-electron chi connectivity index (χ3n) is 2.90. The molecule has 0 radical (unpaired) electrons. The van der Waals surface area contributed by atoms with Crippen molar-refractivity contribution in [3.05, 3.63) is 36.5 Å². The number of aromatic nitrogens is 1. The number of benzene rings is 1. The second-order valence-electron chi connectivity index (χ2n) is 4.14. The molecule has 1 fully saturated rings. The van der Waals surface area contributed by atoms with E-state index in [0.717, 1.165) is 23.1 Å². The average Bonchev–Trinajstić information content (AvgIpc) is 2.92. The van der Waals surface area contributed by atoms with Gasteiger partial charge in [-0.15, -0.1) is 0 Å². The number of pyridine rings is 1. The van der Waals surface area contributed by atoms with E-state index in [-0.39, 0.29) is 6.29 Å². The summed E-state index contributed by atoms with van der Waals surface area (Å²) in [5, 5.41) is 1.09. The summed E-state index contributed by atoms with van der Waals surface area (Å²) in [4.78, 5) is 4.34. The van der Waals surface area contributed by atoms with Gasteiger partial charge < -0.3 is 14.2 Å². The van der Waals surface area contributed by atoms with Crippen molar-refractivity contribution in [2.45, 2.75) is 12.7 Å². The van der Waals surface area contributed by atoms with E-state index in [9.17, 15) is 0 Å². The molecule has 94 valence electrons. The van der Waals surface area contributed by atoms with E-state index in [1.54, 1.807) is 6.20 Å². The Balaban J connectivity index is 1.66. The average molecular weight is 245 g/mol. The maximum Gasteiger partial charge on any atom is 0.161 e. The van der Waals surface area contributed by atoms with Crippen LogP contribution in [0, 0.1) is 0 Å². The fourth-order valence-electron chi connectivity index (χ4n) is 2.03. The Morgan fingerprint density at radius 1 is 1.17 bits per heavy atom. The van der Waals surface area contributed by atoms with Gasteiger partial charge in [0.25, 0.3) is 0 Å². The van der Waals surface area contributed by atoms with E-state index in [1.807, 2.05) is 30.3 Å². The minimum atomic E-state index is -0.118. The lowest BCUT2D eigenvalue weighted by Gasteiger charge is -2.11. The molecule has 2 heterocycles. The van der Waals surface area contributed by atoms with Crippen LogP contribution in [-0.4, -0.2) is 31.1 Å². The van der Waals surface area contributed by atoms with Crippen LogP contribution in [0.5, 0.6) is 5.75 Å². The summed E-state index contributed by atoms with van der Waals surface area (Å²) >= 11 is 0. The summed E-state index contributed by atoms with van der Waals surface area (Å²) in [5.74, 6) is 0.811. The zero-order valence-electron chi connectivity index (χ0n) is 10.0. The first kappa shape index (κ1) is 11.4. The zero-order chi connectivity index (χ0) is 12.2. The Morgan fingerprint density at radius 3 is 2.89 bits per heavy atom. The molecule has 0 bridgehead atoms. The molecule has 2 aromatic rings. The smallest absolute Gasteiger partial charge is 0.161 e. The van der Waals surface area contributed by atoms with Crippen molar-refractivity contribution in [2.75, 3.05) is 19.8 Å². The Labute approximate surface area is 105 Å². The second-order valence-corrected chi connectivity index (χ2v) is 4.14. The van der Waals surface area contributed by atoms with Gasteiger partial charge in [-0.1, -0.05) is 18.2 Å². The molecule has 0 N–H and O–H groups in total. The standard InChI is InChI=1S/C14H15NO3/c1-3-11-4-2-7-15-14(11)12(5-1)16-8-6-13-17-9-10-18-13/h1-5,7,13H,6,8-10H2. The van der Waals surface area contributed by atoms with Crippen molar-refractivity contribution in [2.24, 2.45) is 0 Å². The van der Waals surface area contributed by atoms with Gasteiger partial charge in [0, 0.05) is 18.0 Å². The highest BCUT2D eigenvalue weighted by Crippen LogP contribution is 2.23. The van der Waals surface area contributed by atoms with Crippen LogP contribution in [-0.2, 0) is 9.47 Å². The van der Waals surface area contributed by atoms with Gasteiger partial charge in [0.15, 0.2) is 6.29 Å². The molecule has 3 rings (SSSR count). The molecule has 18 heavy (non-hydrogen) atoms. The highest BCUT2D eigenvalue weighted by atomic mass is 16.7. The Kier molecular flexibility index (Phi) is 3.39. The van der Waals surface area contributed by atoms with Crippen LogP contribution in [0.25, 0.3) is 10.9 Å². The number of nitrogens with zero attached hydrogens (tertiary/aromatic N) is 1. The first-order valence-corrected chi connectivity index (χ1v) is 6.13. The first-order chi connectivity index (χ1) is 8.93. The van der Waals surface area contributed by atoms with Crippen molar-refractivity contribution in [1.29, 1.82) is 0 Å². The lowest BCUT2D eigenvalue weighted by Crippen LogP contribution is -2.12. The highest BCUT2D eigenvalue weighted by molar-refractivity contribution is 5.84. The van der Waals surface area contributed by atoms with E-state index < -0.39 is 0 Å². The van der Waals surface area contributed by atoms with E-state index >= 15 is 0 Å². The number of ether oxygens (including phenoxy) is 3. The van der Waals surface area contributed by atoms with Gasteiger partial charge in [0.05, 0.1) is 19.8 Å². The Morgan fingerprint density at radius 2 is 2.00 bits per heavy atom. The summed E-state index contributed by atoms with van der Waals surface area (Å²) < 4.78 is 16.5. The van der Waals surface area contributed by atoms with Crippen molar-refractivity contribution < 1.29 is 14.2 Å². The van der Waals surface area contributed by atoms with Gasteiger partial charge >= 0.3 is 0 Å². The largest absolute Gasteiger partial charge is 0.491 e. The lowest BCUT2D eigenvalue weighted by molar-refractivity contribution is -0.0530. The Hall–Kier alpha value is -1.65. The molecular formula is C14H15NO3. The van der Waals surface area contributed by atoms with Crippen LogP contribution in [0.15, 0.2) is 36.5 Å². The summed E-state index contributed by atoms with van der Waals surface area (Å²) in [6.45, 7) is 1.93. The maximum atomic E-state index is 5.76. The first-order valence-electron chi connectivity index (χ1n) is 6.13. The minimum Gasteiger partial charge on any atom is -0.491 e. The molecule has 1 aromatic carbocycles. The molecule has 4 heteroatoms. The number of para-hydroxylation sites is 1. The van der Waals surface area contributed by atoms with Gasteiger partial charge in [0.1, 0.15) is 11.3 Å². The van der Waals surface area contributed by atoms with Gasteiger partial charge in [-0.3, -0.25) is 4.98 Å². The van der Waals surface area contributed by atoms with E-state index in [0.29, 0.717) is 19.8 Å². The SMILES string of the molecule is c1cnc2c(OCCC3OCCO3)cccc2c1. The van der Waals surface area contributed by atoms with Crippen molar-refractivity contribution in [3.8, 4) is 5.75 Å². The van der Waals surface area contributed by atoms with Crippen LogP contribution in [0.2, 0.25) is 0 Å². The molecule has 4 nitrogen and oxygen atoms in total. The lowest BCUT2D eigenvalue weighted by atomic mass is 10.2. The van der Waals surface area contributed by atoms with E-state index in [4.69, 9.17) is 14.2 Å². The normalized spacial score (nSPS) is 16.2. The number of hydrogen-bond donors (Lipinski definition) is 0. The molecule has 1 saturated heterocycles.